The zero-order chi connectivity index (χ0) is 16.7. The van der Waals surface area contributed by atoms with Gasteiger partial charge in [-0.3, -0.25) is 0 Å². The highest BCUT2D eigenvalue weighted by Crippen LogP contribution is 2.30. The third-order valence-corrected chi connectivity index (χ3v) is 5.53. The van der Waals surface area contributed by atoms with Gasteiger partial charge in [-0.15, -0.1) is 0 Å². The van der Waals surface area contributed by atoms with Gasteiger partial charge in [-0.1, -0.05) is 19.3 Å². The van der Waals surface area contributed by atoms with Crippen LogP contribution < -0.4 is 14.2 Å². The van der Waals surface area contributed by atoms with Crippen molar-refractivity contribution >= 4 is 10.0 Å². The summed E-state index contributed by atoms with van der Waals surface area (Å²) in [5, 5.41) is 0. The third-order valence-electron chi connectivity index (χ3n) is 4.11. The van der Waals surface area contributed by atoms with Gasteiger partial charge in [0.15, 0.2) is 11.5 Å². The fourth-order valence-corrected chi connectivity index (χ4v) is 4.03. The molecule has 0 aliphatic heterocycles. The molecule has 0 aromatic heterocycles. The van der Waals surface area contributed by atoms with E-state index in [4.69, 9.17) is 9.47 Å². The van der Waals surface area contributed by atoms with Crippen LogP contribution in [0.25, 0.3) is 0 Å². The van der Waals surface area contributed by atoms with Gasteiger partial charge in [-0.25, -0.2) is 13.1 Å². The van der Waals surface area contributed by atoms with Gasteiger partial charge in [0.05, 0.1) is 18.1 Å². The summed E-state index contributed by atoms with van der Waals surface area (Å²) in [6.45, 7) is 5.22. The van der Waals surface area contributed by atoms with Gasteiger partial charge in [0, 0.05) is 12.6 Å². The van der Waals surface area contributed by atoms with Gasteiger partial charge in [0.2, 0.25) is 10.0 Å². The molecule has 0 bridgehead atoms. The molecule has 2 rings (SSSR count). The van der Waals surface area contributed by atoms with E-state index in [1.54, 1.807) is 12.1 Å². The SMILES string of the molecule is CCOc1ccc(S(=O)(=O)NCC2CCCCC2)cc1OCC. The predicted octanol–water partition coefficient (Wildman–Crippen LogP) is 3.34. The lowest BCUT2D eigenvalue weighted by Gasteiger charge is -2.21. The number of ether oxygens (including phenoxy) is 2. The van der Waals surface area contributed by atoms with Crippen molar-refractivity contribution < 1.29 is 17.9 Å². The average molecular weight is 341 g/mol. The van der Waals surface area contributed by atoms with Crippen LogP contribution >= 0.6 is 0 Å². The standard InChI is InChI=1S/C17H27NO4S/c1-3-21-16-11-10-15(12-17(16)22-4-2)23(19,20)18-13-14-8-6-5-7-9-14/h10-12,14,18H,3-9,13H2,1-2H3. The van der Waals surface area contributed by atoms with Gasteiger partial charge in [0.25, 0.3) is 0 Å². The molecule has 0 atom stereocenters. The van der Waals surface area contributed by atoms with Crippen LogP contribution in [0.2, 0.25) is 0 Å². The van der Waals surface area contributed by atoms with Gasteiger partial charge < -0.3 is 9.47 Å². The largest absolute Gasteiger partial charge is 0.490 e. The Morgan fingerprint density at radius 3 is 2.35 bits per heavy atom. The van der Waals surface area contributed by atoms with Crippen LogP contribution in [0.4, 0.5) is 0 Å². The van der Waals surface area contributed by atoms with Crippen LogP contribution in [0.3, 0.4) is 0 Å². The zero-order valence-electron chi connectivity index (χ0n) is 14.0. The quantitative estimate of drug-likeness (QED) is 0.787. The highest BCUT2D eigenvalue weighted by atomic mass is 32.2. The van der Waals surface area contributed by atoms with Crippen molar-refractivity contribution in [2.24, 2.45) is 5.92 Å². The summed E-state index contributed by atoms with van der Waals surface area (Å²) in [6.07, 6.45) is 5.87. The summed E-state index contributed by atoms with van der Waals surface area (Å²) in [6, 6.07) is 4.76. The first-order chi connectivity index (χ1) is 11.1. The molecule has 1 saturated carbocycles. The van der Waals surface area contributed by atoms with E-state index in [1.165, 1.54) is 25.3 Å². The summed E-state index contributed by atoms with van der Waals surface area (Å²) >= 11 is 0. The topological polar surface area (TPSA) is 64.6 Å². The Labute approximate surface area is 139 Å². The molecule has 0 unspecified atom stereocenters. The maximum atomic E-state index is 12.5. The number of rotatable bonds is 8. The van der Waals surface area contributed by atoms with E-state index < -0.39 is 10.0 Å². The Bertz CT molecular complexity index is 595. The van der Waals surface area contributed by atoms with Crippen molar-refractivity contribution in [2.75, 3.05) is 19.8 Å². The Kier molecular flexibility index (Phi) is 6.72. The molecule has 1 N–H and O–H groups in total. The maximum Gasteiger partial charge on any atom is 0.240 e. The summed E-state index contributed by atoms with van der Waals surface area (Å²) < 4.78 is 38.7. The monoisotopic (exact) mass is 341 g/mol. The van der Waals surface area contributed by atoms with Crippen LogP contribution in [-0.2, 0) is 10.0 Å². The number of sulfonamides is 1. The molecule has 0 saturated heterocycles. The molecule has 0 amide bonds. The second kappa shape index (κ2) is 8.55. The second-order valence-corrected chi connectivity index (χ2v) is 7.60. The molecule has 23 heavy (non-hydrogen) atoms. The van der Waals surface area contributed by atoms with Crippen molar-refractivity contribution in [1.29, 1.82) is 0 Å². The number of hydrogen-bond donors (Lipinski definition) is 1. The second-order valence-electron chi connectivity index (χ2n) is 5.83. The lowest BCUT2D eigenvalue weighted by molar-refractivity contribution is 0.287. The molecule has 0 heterocycles. The molecule has 0 radical (unpaired) electrons. The van der Waals surface area contributed by atoms with Gasteiger partial charge in [0.1, 0.15) is 0 Å². The Morgan fingerprint density at radius 1 is 1.04 bits per heavy atom. The smallest absolute Gasteiger partial charge is 0.240 e. The van der Waals surface area contributed by atoms with E-state index in [-0.39, 0.29) is 4.90 Å². The normalized spacial score (nSPS) is 16.3. The number of benzene rings is 1. The Hall–Kier alpha value is -1.27. The van der Waals surface area contributed by atoms with Crippen molar-refractivity contribution in [3.05, 3.63) is 18.2 Å². The van der Waals surface area contributed by atoms with Gasteiger partial charge in [-0.2, -0.15) is 0 Å². The van der Waals surface area contributed by atoms with Crippen LogP contribution in [-0.4, -0.2) is 28.2 Å². The highest BCUT2D eigenvalue weighted by molar-refractivity contribution is 7.89. The van der Waals surface area contributed by atoms with Gasteiger partial charge in [-0.05, 0) is 44.7 Å². The minimum absolute atomic E-state index is 0.222. The van der Waals surface area contributed by atoms with E-state index in [0.717, 1.165) is 12.8 Å². The average Bonchev–Trinajstić information content (AvgIpc) is 2.56. The zero-order valence-corrected chi connectivity index (χ0v) is 14.8. The molecule has 5 nitrogen and oxygen atoms in total. The van der Waals surface area contributed by atoms with E-state index in [2.05, 4.69) is 4.72 Å². The summed E-state index contributed by atoms with van der Waals surface area (Å²) in [5.74, 6) is 1.49. The fourth-order valence-electron chi connectivity index (χ4n) is 2.90. The summed E-state index contributed by atoms with van der Waals surface area (Å²) in [5.41, 5.74) is 0. The van der Waals surface area contributed by atoms with Crippen molar-refractivity contribution in [2.45, 2.75) is 50.8 Å². The van der Waals surface area contributed by atoms with E-state index in [0.29, 0.717) is 37.2 Å². The molecule has 1 aromatic rings. The van der Waals surface area contributed by atoms with Crippen molar-refractivity contribution in [3.8, 4) is 11.5 Å². The van der Waals surface area contributed by atoms with E-state index in [1.807, 2.05) is 13.8 Å². The fraction of sp³-hybridized carbons (Fsp3) is 0.647. The summed E-state index contributed by atoms with van der Waals surface area (Å²) in [7, 11) is -3.52. The predicted molar refractivity (Wildman–Crippen MR) is 90.5 cm³/mol. The van der Waals surface area contributed by atoms with Crippen molar-refractivity contribution in [3.63, 3.8) is 0 Å². The summed E-state index contributed by atoms with van der Waals surface area (Å²) in [4.78, 5) is 0.222. The molecule has 1 aromatic carbocycles. The number of nitrogens with one attached hydrogen (secondary N) is 1. The van der Waals surface area contributed by atoms with Crippen molar-refractivity contribution in [1.82, 2.24) is 4.72 Å². The van der Waals surface area contributed by atoms with Crippen LogP contribution in [0.5, 0.6) is 11.5 Å². The maximum absolute atomic E-state index is 12.5. The third kappa shape index (κ3) is 5.11. The van der Waals surface area contributed by atoms with Crippen LogP contribution in [0.15, 0.2) is 23.1 Å². The molecular formula is C17H27NO4S. The van der Waals surface area contributed by atoms with E-state index in [9.17, 15) is 8.42 Å². The lowest BCUT2D eigenvalue weighted by atomic mass is 9.90. The van der Waals surface area contributed by atoms with Crippen LogP contribution in [0.1, 0.15) is 46.0 Å². The highest BCUT2D eigenvalue weighted by Gasteiger charge is 2.20. The van der Waals surface area contributed by atoms with Gasteiger partial charge >= 0.3 is 0 Å². The Morgan fingerprint density at radius 2 is 1.70 bits per heavy atom. The minimum Gasteiger partial charge on any atom is -0.490 e. The molecule has 1 aliphatic carbocycles. The molecular weight excluding hydrogens is 314 g/mol. The first-order valence-corrected chi connectivity index (χ1v) is 9.94. The lowest BCUT2D eigenvalue weighted by Crippen LogP contribution is -2.30. The molecule has 130 valence electrons. The first-order valence-electron chi connectivity index (χ1n) is 8.46. The minimum atomic E-state index is -3.52. The van der Waals surface area contributed by atoms with Crippen LogP contribution in [0, 0.1) is 5.92 Å². The molecule has 6 heteroatoms. The molecule has 0 spiro atoms. The first kappa shape index (κ1) is 18.1. The van der Waals surface area contributed by atoms with E-state index >= 15 is 0 Å². The Balaban J connectivity index is 2.09. The molecule has 1 fully saturated rings. The number of hydrogen-bond acceptors (Lipinski definition) is 4. The molecule has 1 aliphatic rings.